The molecule has 0 radical (unpaired) electrons. The van der Waals surface area contributed by atoms with Gasteiger partial charge in [-0.05, 0) is 5.92 Å². The first-order valence-corrected chi connectivity index (χ1v) is 5.13. The van der Waals surface area contributed by atoms with Crippen LogP contribution in [0.4, 0.5) is 4.79 Å². The van der Waals surface area contributed by atoms with Crippen LogP contribution in [0, 0.1) is 11.8 Å². The minimum absolute atomic E-state index is 0.128. The lowest BCUT2D eigenvalue weighted by Crippen LogP contribution is -2.39. The molecule has 1 N–H and O–H groups in total. The smallest absolute Gasteiger partial charge is 0.416 e. The number of imide groups is 1. The molecule has 6 heteroatoms. The summed E-state index contributed by atoms with van der Waals surface area (Å²) in [5.41, 5.74) is 0. The molecule has 0 bridgehead atoms. The first-order valence-electron chi connectivity index (χ1n) is 5.13. The van der Waals surface area contributed by atoms with Gasteiger partial charge < -0.3 is 9.84 Å². The Kier molecular flexibility index (Phi) is 3.87. The number of carbonyl (C=O) groups is 3. The number of aliphatic carboxylic acids is 1. The van der Waals surface area contributed by atoms with E-state index in [2.05, 4.69) is 4.74 Å². The molecule has 1 unspecified atom stereocenters. The van der Waals surface area contributed by atoms with Gasteiger partial charge in [0.1, 0.15) is 6.61 Å². The fourth-order valence-corrected chi connectivity index (χ4v) is 1.59. The van der Waals surface area contributed by atoms with Crippen LogP contribution >= 0.6 is 0 Å². The van der Waals surface area contributed by atoms with Crippen molar-refractivity contribution in [1.82, 2.24) is 4.90 Å². The van der Waals surface area contributed by atoms with Crippen molar-refractivity contribution in [3.8, 4) is 0 Å². The zero-order chi connectivity index (χ0) is 12.3. The Morgan fingerprint density at radius 3 is 2.50 bits per heavy atom. The SMILES string of the molecule is CC(C)C(CC(=O)O)C(=O)N1CCOC1=O. The second kappa shape index (κ2) is 4.96. The third-order valence-corrected chi connectivity index (χ3v) is 2.54. The largest absolute Gasteiger partial charge is 0.481 e. The van der Waals surface area contributed by atoms with Crippen LogP contribution in [0.25, 0.3) is 0 Å². The minimum Gasteiger partial charge on any atom is -0.481 e. The van der Waals surface area contributed by atoms with E-state index >= 15 is 0 Å². The van der Waals surface area contributed by atoms with Crippen LogP contribution in [-0.2, 0) is 14.3 Å². The molecule has 1 aliphatic rings. The Hall–Kier alpha value is -1.59. The zero-order valence-corrected chi connectivity index (χ0v) is 9.30. The second-order valence-corrected chi connectivity index (χ2v) is 4.05. The molecule has 0 saturated carbocycles. The van der Waals surface area contributed by atoms with Crippen molar-refractivity contribution in [2.75, 3.05) is 13.2 Å². The quantitative estimate of drug-likeness (QED) is 0.767. The van der Waals surface area contributed by atoms with Crippen molar-refractivity contribution in [1.29, 1.82) is 0 Å². The van der Waals surface area contributed by atoms with E-state index < -0.39 is 23.9 Å². The lowest BCUT2D eigenvalue weighted by atomic mass is 9.91. The molecule has 6 nitrogen and oxygen atoms in total. The Balaban J connectivity index is 2.74. The van der Waals surface area contributed by atoms with Crippen molar-refractivity contribution in [2.45, 2.75) is 20.3 Å². The van der Waals surface area contributed by atoms with Gasteiger partial charge in [0.25, 0.3) is 0 Å². The summed E-state index contributed by atoms with van der Waals surface area (Å²) in [4.78, 5) is 34.7. The maximum Gasteiger partial charge on any atom is 0.416 e. The molecular weight excluding hydrogens is 214 g/mol. The van der Waals surface area contributed by atoms with E-state index in [0.29, 0.717) is 0 Å². The number of nitrogens with zero attached hydrogens (tertiary/aromatic N) is 1. The Morgan fingerprint density at radius 2 is 2.12 bits per heavy atom. The van der Waals surface area contributed by atoms with E-state index in [4.69, 9.17) is 5.11 Å². The molecule has 0 aromatic carbocycles. The highest BCUT2D eigenvalue weighted by Crippen LogP contribution is 2.20. The van der Waals surface area contributed by atoms with E-state index in [9.17, 15) is 14.4 Å². The highest BCUT2D eigenvalue weighted by atomic mass is 16.6. The fourth-order valence-electron chi connectivity index (χ4n) is 1.59. The van der Waals surface area contributed by atoms with Gasteiger partial charge in [0, 0.05) is 0 Å². The summed E-state index contributed by atoms with van der Waals surface area (Å²) in [5.74, 6) is -2.31. The number of carbonyl (C=O) groups excluding carboxylic acids is 2. The van der Waals surface area contributed by atoms with E-state index in [1.807, 2.05) is 0 Å². The number of cyclic esters (lactones) is 1. The topological polar surface area (TPSA) is 83.9 Å². The van der Waals surface area contributed by atoms with E-state index in [-0.39, 0.29) is 25.5 Å². The lowest BCUT2D eigenvalue weighted by Gasteiger charge is -2.21. The minimum atomic E-state index is -1.04. The maximum atomic E-state index is 11.9. The van der Waals surface area contributed by atoms with Crippen LogP contribution < -0.4 is 0 Å². The molecule has 0 aliphatic carbocycles. The van der Waals surface area contributed by atoms with Gasteiger partial charge in [-0.2, -0.15) is 0 Å². The summed E-state index contributed by atoms with van der Waals surface area (Å²) in [6, 6.07) is 0. The number of hydrogen-bond donors (Lipinski definition) is 1. The van der Waals surface area contributed by atoms with E-state index in [1.165, 1.54) is 0 Å². The van der Waals surface area contributed by atoms with Gasteiger partial charge in [-0.1, -0.05) is 13.8 Å². The first kappa shape index (κ1) is 12.5. The molecule has 1 rings (SSSR count). The van der Waals surface area contributed by atoms with Crippen LogP contribution in [0.15, 0.2) is 0 Å². The molecule has 0 aromatic rings. The molecule has 2 amide bonds. The lowest BCUT2D eigenvalue weighted by molar-refractivity contribution is -0.144. The number of hydrogen-bond acceptors (Lipinski definition) is 4. The van der Waals surface area contributed by atoms with Gasteiger partial charge in [-0.3, -0.25) is 9.59 Å². The summed E-state index contributed by atoms with van der Waals surface area (Å²) in [5, 5.41) is 8.70. The summed E-state index contributed by atoms with van der Waals surface area (Å²) in [6.07, 6.45) is -0.943. The van der Waals surface area contributed by atoms with Gasteiger partial charge >= 0.3 is 12.1 Å². The number of ether oxygens (including phenoxy) is 1. The van der Waals surface area contributed by atoms with Gasteiger partial charge in [0.05, 0.1) is 18.9 Å². The van der Waals surface area contributed by atoms with Crippen molar-refractivity contribution in [2.24, 2.45) is 11.8 Å². The van der Waals surface area contributed by atoms with Gasteiger partial charge in [0.2, 0.25) is 5.91 Å². The number of amides is 2. The van der Waals surface area contributed by atoms with Gasteiger partial charge in [-0.25, -0.2) is 9.69 Å². The van der Waals surface area contributed by atoms with Crippen molar-refractivity contribution < 1.29 is 24.2 Å². The van der Waals surface area contributed by atoms with E-state index in [0.717, 1.165) is 4.90 Å². The Morgan fingerprint density at radius 1 is 1.50 bits per heavy atom. The summed E-state index contributed by atoms with van der Waals surface area (Å²) in [6.45, 7) is 3.91. The van der Waals surface area contributed by atoms with Crippen molar-refractivity contribution in [3.63, 3.8) is 0 Å². The molecule has 1 heterocycles. The molecule has 90 valence electrons. The molecule has 16 heavy (non-hydrogen) atoms. The Labute approximate surface area is 93.2 Å². The van der Waals surface area contributed by atoms with Gasteiger partial charge in [-0.15, -0.1) is 0 Å². The van der Waals surface area contributed by atoms with Crippen LogP contribution in [0.3, 0.4) is 0 Å². The van der Waals surface area contributed by atoms with Crippen LogP contribution in [0.5, 0.6) is 0 Å². The number of rotatable bonds is 4. The average molecular weight is 229 g/mol. The van der Waals surface area contributed by atoms with Crippen LogP contribution in [0.2, 0.25) is 0 Å². The Bertz CT molecular complexity index is 312. The zero-order valence-electron chi connectivity index (χ0n) is 9.30. The van der Waals surface area contributed by atoms with Crippen molar-refractivity contribution in [3.05, 3.63) is 0 Å². The standard InChI is InChI=1S/C10H15NO5/c1-6(2)7(5-8(12)13)9(14)11-3-4-16-10(11)15/h6-7H,3-5H2,1-2H3,(H,12,13). The van der Waals surface area contributed by atoms with Crippen LogP contribution in [0.1, 0.15) is 20.3 Å². The highest BCUT2D eigenvalue weighted by molar-refractivity contribution is 5.95. The predicted octanol–water partition coefficient (Wildman–Crippen LogP) is 0.712. The second-order valence-electron chi connectivity index (χ2n) is 4.05. The van der Waals surface area contributed by atoms with Crippen LogP contribution in [-0.4, -0.2) is 41.1 Å². The van der Waals surface area contributed by atoms with Crippen molar-refractivity contribution >= 4 is 18.0 Å². The molecule has 0 aromatic heterocycles. The third kappa shape index (κ3) is 2.71. The molecule has 0 spiro atoms. The maximum absolute atomic E-state index is 11.9. The molecule has 1 atom stereocenters. The molecule has 1 aliphatic heterocycles. The normalized spacial score (nSPS) is 17.4. The first-order chi connectivity index (χ1) is 7.43. The van der Waals surface area contributed by atoms with Gasteiger partial charge in [0.15, 0.2) is 0 Å². The average Bonchev–Trinajstić information content (AvgIpc) is 2.59. The molecular formula is C10H15NO5. The summed E-state index contributed by atoms with van der Waals surface area (Å²) >= 11 is 0. The summed E-state index contributed by atoms with van der Waals surface area (Å²) in [7, 11) is 0. The van der Waals surface area contributed by atoms with E-state index in [1.54, 1.807) is 13.8 Å². The summed E-state index contributed by atoms with van der Waals surface area (Å²) < 4.78 is 4.64. The number of carboxylic acid groups (broad SMARTS) is 1. The predicted molar refractivity (Wildman–Crippen MR) is 53.6 cm³/mol. The fraction of sp³-hybridized carbons (Fsp3) is 0.700. The molecule has 1 saturated heterocycles. The molecule has 1 fully saturated rings. The highest BCUT2D eigenvalue weighted by Gasteiger charge is 2.35. The third-order valence-electron chi connectivity index (χ3n) is 2.54. The monoisotopic (exact) mass is 229 g/mol. The number of carboxylic acids is 1.